The first-order valence-electron chi connectivity index (χ1n) is 17.5. The SMILES string of the molecule is Cc1[nH]c2ccccc2c1C[C@H]1C(=O)NCc2cc(C#N)cc(Cl)c2Sc2ncccc2CN[C@@H](CCCN)C(=O)N[C@@H](CCCCN)C(=O)N1C. The van der Waals surface area contributed by atoms with Crippen molar-refractivity contribution in [3.8, 4) is 6.07 Å². The van der Waals surface area contributed by atoms with Gasteiger partial charge in [-0.1, -0.05) is 47.6 Å². The molecular formula is C38H46ClN9O3S. The van der Waals surface area contributed by atoms with E-state index in [1.54, 1.807) is 25.4 Å². The zero-order valence-corrected chi connectivity index (χ0v) is 31.1. The van der Waals surface area contributed by atoms with E-state index < -0.39 is 24.0 Å². The molecule has 0 fully saturated rings. The van der Waals surface area contributed by atoms with Crippen LogP contribution in [0.1, 0.15) is 60.1 Å². The van der Waals surface area contributed by atoms with Crippen LogP contribution in [0.4, 0.5) is 0 Å². The molecule has 0 saturated heterocycles. The number of amides is 3. The number of nitrogens with one attached hydrogen (secondary N) is 4. The summed E-state index contributed by atoms with van der Waals surface area (Å²) in [5, 5.41) is 21.2. The van der Waals surface area contributed by atoms with E-state index in [0.29, 0.717) is 77.8 Å². The van der Waals surface area contributed by atoms with Crippen LogP contribution in [-0.2, 0) is 33.9 Å². The van der Waals surface area contributed by atoms with Crippen molar-refractivity contribution in [1.82, 2.24) is 30.8 Å². The molecule has 0 bridgehead atoms. The van der Waals surface area contributed by atoms with Gasteiger partial charge in [0.1, 0.15) is 17.1 Å². The Labute approximate surface area is 313 Å². The van der Waals surface area contributed by atoms with Gasteiger partial charge in [-0.25, -0.2) is 4.98 Å². The number of para-hydroxylation sites is 1. The van der Waals surface area contributed by atoms with Gasteiger partial charge in [-0.05, 0) is 93.1 Å². The van der Waals surface area contributed by atoms with Crippen LogP contribution in [0.3, 0.4) is 0 Å². The molecule has 3 heterocycles. The van der Waals surface area contributed by atoms with Gasteiger partial charge < -0.3 is 37.3 Å². The van der Waals surface area contributed by atoms with Gasteiger partial charge in [0.15, 0.2) is 0 Å². The monoisotopic (exact) mass is 743 g/mol. The number of nitrogens with zero attached hydrogens (tertiary/aromatic N) is 3. The predicted molar refractivity (Wildman–Crippen MR) is 203 cm³/mol. The number of hydrogen-bond donors (Lipinski definition) is 6. The Morgan fingerprint density at radius 2 is 1.75 bits per heavy atom. The summed E-state index contributed by atoms with van der Waals surface area (Å²) in [6.45, 7) is 3.13. The quantitative estimate of drug-likeness (QED) is 0.137. The molecule has 52 heavy (non-hydrogen) atoms. The van der Waals surface area contributed by atoms with E-state index in [9.17, 15) is 19.6 Å². The highest BCUT2D eigenvalue weighted by atomic mass is 35.5. The van der Waals surface area contributed by atoms with Gasteiger partial charge in [0.25, 0.3) is 0 Å². The maximum Gasteiger partial charge on any atom is 0.245 e. The predicted octanol–water partition coefficient (Wildman–Crippen LogP) is 4.06. The van der Waals surface area contributed by atoms with Crippen molar-refractivity contribution in [3.63, 3.8) is 0 Å². The Hall–Kier alpha value is -4.45. The summed E-state index contributed by atoms with van der Waals surface area (Å²) in [7, 11) is 1.61. The third-order valence-corrected chi connectivity index (χ3v) is 11.1. The van der Waals surface area contributed by atoms with Crippen LogP contribution >= 0.6 is 23.4 Å². The summed E-state index contributed by atoms with van der Waals surface area (Å²) in [5.74, 6) is -1.11. The van der Waals surface area contributed by atoms with Crippen molar-refractivity contribution < 1.29 is 14.4 Å². The fourth-order valence-corrected chi connectivity index (χ4v) is 7.86. The van der Waals surface area contributed by atoms with Crippen molar-refractivity contribution in [1.29, 1.82) is 5.26 Å². The number of halogens is 1. The minimum absolute atomic E-state index is 0.0417. The molecule has 0 radical (unpaired) electrons. The number of fused-ring (bicyclic) bond motifs is 3. The number of carbonyl (C=O) groups excluding carboxylic acids is 3. The fourth-order valence-electron chi connectivity index (χ4n) is 6.51. The molecule has 0 aliphatic carbocycles. The van der Waals surface area contributed by atoms with Crippen LogP contribution < -0.4 is 27.4 Å². The molecule has 2 aromatic heterocycles. The van der Waals surface area contributed by atoms with Crippen molar-refractivity contribution in [2.24, 2.45) is 11.5 Å². The molecule has 3 atom stereocenters. The number of carbonyl (C=O) groups is 3. The van der Waals surface area contributed by atoms with E-state index >= 15 is 0 Å². The van der Waals surface area contributed by atoms with Gasteiger partial charge in [0.2, 0.25) is 17.7 Å². The molecule has 12 nitrogen and oxygen atoms in total. The second-order valence-electron chi connectivity index (χ2n) is 13.0. The smallest absolute Gasteiger partial charge is 0.245 e. The zero-order valence-electron chi connectivity index (χ0n) is 29.5. The number of likely N-dealkylation sites (N-methyl/N-ethyl adjacent to an activating group) is 1. The highest BCUT2D eigenvalue weighted by Gasteiger charge is 2.34. The first-order chi connectivity index (χ1) is 25.1. The minimum atomic E-state index is -0.950. The molecule has 0 unspecified atom stereocenters. The molecule has 14 heteroatoms. The molecule has 3 amide bonds. The van der Waals surface area contributed by atoms with Crippen LogP contribution in [-0.4, -0.2) is 70.9 Å². The van der Waals surface area contributed by atoms with E-state index in [1.165, 1.54) is 16.7 Å². The standard InChI is InChI=1S/C38H46ClN9O3S/c1-23-28(27-10-3-4-11-30(27)46-23)19-33-36(50)45-22-26-17-24(20-42)18-29(39)34(26)52-37-25(9-8-16-43-37)21-44-31(13-7-15-41)35(49)47-32(12-5-6-14-40)38(51)48(33)2/h3-4,8-11,16-18,31-33,44,46H,5-7,12-15,19,21-22,40-41H2,1-2H3,(H,45,50)(H,47,49)/t31-,32-,33-/m0/s1. The van der Waals surface area contributed by atoms with E-state index in [0.717, 1.165) is 27.7 Å². The second-order valence-corrected chi connectivity index (χ2v) is 14.4. The van der Waals surface area contributed by atoms with Crippen LogP contribution in [0.5, 0.6) is 0 Å². The summed E-state index contributed by atoms with van der Waals surface area (Å²) in [6.07, 6.45) is 4.55. The maximum atomic E-state index is 14.5. The summed E-state index contributed by atoms with van der Waals surface area (Å²) in [4.78, 5) is 52.9. The number of nitrogens with two attached hydrogens (primary N) is 2. The molecule has 0 spiro atoms. The van der Waals surface area contributed by atoms with Crippen LogP contribution in [0.15, 0.2) is 64.6 Å². The number of nitriles is 1. The lowest BCUT2D eigenvalue weighted by molar-refractivity contribution is -0.142. The van der Waals surface area contributed by atoms with Gasteiger partial charge in [0, 0.05) is 54.2 Å². The highest BCUT2D eigenvalue weighted by Crippen LogP contribution is 2.38. The van der Waals surface area contributed by atoms with E-state index in [2.05, 4.69) is 32.0 Å². The Balaban J connectivity index is 1.60. The van der Waals surface area contributed by atoms with Crippen molar-refractivity contribution in [2.75, 3.05) is 20.1 Å². The van der Waals surface area contributed by atoms with Crippen molar-refractivity contribution in [2.45, 2.75) is 86.6 Å². The number of aromatic amines is 1. The number of rotatable bonds is 9. The molecule has 1 aliphatic heterocycles. The lowest BCUT2D eigenvalue weighted by Gasteiger charge is -2.32. The van der Waals surface area contributed by atoms with Gasteiger partial charge >= 0.3 is 0 Å². The van der Waals surface area contributed by atoms with Crippen molar-refractivity contribution in [3.05, 3.63) is 87.7 Å². The van der Waals surface area contributed by atoms with Crippen molar-refractivity contribution >= 4 is 52.0 Å². The number of aryl methyl sites for hydroxylation is 1. The molecular weight excluding hydrogens is 698 g/mol. The Morgan fingerprint density at radius 3 is 2.52 bits per heavy atom. The first-order valence-corrected chi connectivity index (χ1v) is 18.7. The average Bonchev–Trinajstić information content (AvgIpc) is 3.47. The highest BCUT2D eigenvalue weighted by molar-refractivity contribution is 7.99. The molecule has 0 saturated carbocycles. The third kappa shape index (κ3) is 9.31. The molecule has 274 valence electrons. The number of hydrogen-bond acceptors (Lipinski definition) is 9. The largest absolute Gasteiger partial charge is 0.358 e. The number of aromatic nitrogens is 2. The normalized spacial score (nSPS) is 19.0. The lowest BCUT2D eigenvalue weighted by Crippen LogP contribution is -2.57. The number of pyridine rings is 1. The summed E-state index contributed by atoms with van der Waals surface area (Å²) in [6, 6.07) is 14.5. The van der Waals surface area contributed by atoms with E-state index in [-0.39, 0.29) is 24.8 Å². The number of benzene rings is 2. The average molecular weight is 744 g/mol. The number of H-pyrrole nitrogens is 1. The zero-order chi connectivity index (χ0) is 37.2. The lowest BCUT2D eigenvalue weighted by atomic mass is 9.99. The molecule has 4 aromatic rings. The Morgan fingerprint density at radius 1 is 0.981 bits per heavy atom. The molecule has 2 aromatic carbocycles. The fraction of sp³-hybridized carbons (Fsp3) is 0.395. The first kappa shape index (κ1) is 38.8. The molecule has 5 rings (SSSR count). The summed E-state index contributed by atoms with van der Waals surface area (Å²) >= 11 is 8.12. The molecule has 1 aliphatic rings. The van der Waals surface area contributed by atoms with Gasteiger partial charge in [-0.2, -0.15) is 5.26 Å². The Bertz CT molecular complexity index is 1940. The topological polar surface area (TPSA) is 195 Å². The van der Waals surface area contributed by atoms with Crippen LogP contribution in [0.25, 0.3) is 10.9 Å². The minimum Gasteiger partial charge on any atom is -0.358 e. The van der Waals surface area contributed by atoms with E-state index in [4.69, 9.17) is 23.1 Å². The Kier molecular flexibility index (Phi) is 13.7. The second kappa shape index (κ2) is 18.3. The van der Waals surface area contributed by atoms with Crippen LogP contribution in [0.2, 0.25) is 5.02 Å². The summed E-state index contributed by atoms with van der Waals surface area (Å²) < 4.78 is 0. The maximum absolute atomic E-state index is 14.5. The van der Waals surface area contributed by atoms with Gasteiger partial charge in [-0.15, -0.1) is 0 Å². The van der Waals surface area contributed by atoms with E-state index in [1.807, 2.05) is 43.3 Å². The van der Waals surface area contributed by atoms with Crippen LogP contribution in [0, 0.1) is 18.3 Å². The van der Waals surface area contributed by atoms with Gasteiger partial charge in [0.05, 0.1) is 22.7 Å². The summed E-state index contributed by atoms with van der Waals surface area (Å²) in [5.41, 5.74) is 16.2. The molecule has 8 N–H and O–H groups in total. The third-order valence-electron chi connectivity index (χ3n) is 9.41. The number of unbranched alkanes of at least 4 members (excludes halogenated alkanes) is 1. The van der Waals surface area contributed by atoms with Gasteiger partial charge in [-0.3, -0.25) is 14.4 Å².